The number of carbonyl (C=O) groups excluding carboxylic acids is 9. The number of fused-ring (bicyclic) bond motifs is 15. The van der Waals surface area contributed by atoms with Gasteiger partial charge in [0, 0.05) is 47.9 Å². The molecule has 7 aliphatic heterocycles. The topological polar surface area (TPSA) is 616 Å². The number of aryl methyl sites for hydroxylation is 1. The number of aliphatic hydroxyl groups excluding tert-OH is 6. The van der Waals surface area contributed by atoms with Crippen molar-refractivity contribution in [2.75, 3.05) is 32.1 Å². The molecule has 0 aliphatic carbocycles. The molecule has 42 heteroatoms. The summed E-state index contributed by atoms with van der Waals surface area (Å²) < 4.78 is 45.7. The minimum atomic E-state index is -2.40. The highest BCUT2D eigenvalue weighted by atomic mass is 35.5. The van der Waals surface area contributed by atoms with Gasteiger partial charge in [0.25, 0.3) is 5.91 Å². The summed E-state index contributed by atoms with van der Waals surface area (Å²) in [5.41, 5.74) is 8.64. The van der Waals surface area contributed by atoms with Crippen LogP contribution in [-0.4, -0.2) is 210 Å². The summed E-state index contributed by atoms with van der Waals surface area (Å²) in [5.74, 6) is -16.1. The van der Waals surface area contributed by atoms with E-state index >= 15 is 24.0 Å². The van der Waals surface area contributed by atoms with Crippen LogP contribution >= 0.6 is 23.2 Å². The van der Waals surface area contributed by atoms with Crippen molar-refractivity contribution in [1.82, 2.24) is 47.9 Å². The lowest BCUT2D eigenvalue weighted by molar-refractivity contribution is -0.386. The number of amides is 9. The Kier molecular flexibility index (Phi) is 30.8. The summed E-state index contributed by atoms with van der Waals surface area (Å²) in [5, 5.41) is 146. The monoisotopic (exact) mass is 1880 g/mol. The molecule has 3 unspecified atom stereocenters. The first-order valence-electron chi connectivity index (χ1n) is 42.4. The summed E-state index contributed by atoms with van der Waals surface area (Å²) in [4.78, 5) is 147. The fourth-order valence-corrected chi connectivity index (χ4v) is 16.7. The van der Waals surface area contributed by atoms with Crippen LogP contribution in [0.15, 0.2) is 146 Å². The molecule has 0 saturated carbocycles. The first-order valence-corrected chi connectivity index (χ1v) is 43.1. The van der Waals surface area contributed by atoms with Gasteiger partial charge in [-0.3, -0.25) is 53.3 Å². The van der Waals surface area contributed by atoms with Gasteiger partial charge < -0.3 is 144 Å². The number of phenols is 3. The molecule has 7 heterocycles. The minimum Gasteiger partial charge on any atom is -0.508 e. The number of primary amides is 1. The highest BCUT2D eigenvalue weighted by molar-refractivity contribution is 6.32. The number of halogens is 2. The van der Waals surface area contributed by atoms with E-state index in [1.807, 2.05) is 13.8 Å². The number of aliphatic hydroxyl groups is 6. The number of nitro groups is 1. The zero-order chi connectivity index (χ0) is 95.9. The smallest absolute Gasteiger partial charge is 0.323 e. The molecule has 23 N–H and O–H groups in total. The summed E-state index contributed by atoms with van der Waals surface area (Å²) >= 11 is 14.4. The number of nitrogens with zero attached hydrogens (tertiary/aromatic N) is 1. The number of nitrogens with two attached hydrogens (primary N) is 2. The normalized spacial score (nSPS) is 25.0. The van der Waals surface area contributed by atoms with E-state index in [1.165, 1.54) is 44.3 Å². The first-order chi connectivity index (χ1) is 63.3. The van der Waals surface area contributed by atoms with Gasteiger partial charge in [-0.25, -0.2) is 0 Å². The highest BCUT2D eigenvalue weighted by Gasteiger charge is 2.53. The molecule has 2 fully saturated rings. The second-order valence-corrected chi connectivity index (χ2v) is 34.2. The van der Waals surface area contributed by atoms with E-state index in [4.69, 9.17) is 67.8 Å². The van der Waals surface area contributed by atoms with Crippen LogP contribution < -0.4 is 83.6 Å². The average molecular weight is 1880 g/mol. The predicted molar refractivity (Wildman–Crippen MR) is 474 cm³/mol. The molecular formula is C91H101Cl2N13O27. The van der Waals surface area contributed by atoms with Gasteiger partial charge in [0.2, 0.25) is 65.0 Å². The Hall–Kier alpha value is -12.9. The van der Waals surface area contributed by atoms with Crippen LogP contribution in [0, 0.1) is 23.0 Å². The highest BCUT2D eigenvalue weighted by Crippen LogP contribution is 2.51. The third-order valence-electron chi connectivity index (χ3n) is 23.3. The van der Waals surface area contributed by atoms with Crippen molar-refractivity contribution in [2.24, 2.45) is 17.4 Å². The molecule has 18 atom stereocenters. The summed E-state index contributed by atoms with van der Waals surface area (Å²) in [6, 6.07) is 18.0. The van der Waals surface area contributed by atoms with Crippen molar-refractivity contribution in [1.29, 1.82) is 0 Å². The van der Waals surface area contributed by atoms with Crippen LogP contribution in [0.2, 0.25) is 10.0 Å². The van der Waals surface area contributed by atoms with Gasteiger partial charge >= 0.3 is 5.69 Å². The summed E-state index contributed by atoms with van der Waals surface area (Å²) in [6.45, 7) is 7.23. The number of aromatic hydroxyl groups is 3. The number of hydrogen-bond acceptors (Lipinski definition) is 30. The third kappa shape index (κ3) is 22.1. The number of phenolic OH excluding ortho intramolecular Hbond substituents is 3. The van der Waals surface area contributed by atoms with E-state index in [-0.39, 0.29) is 96.4 Å². The van der Waals surface area contributed by atoms with Gasteiger partial charge in [0.1, 0.15) is 108 Å². The molecule has 40 nitrogen and oxygen atoms in total. The maximum atomic E-state index is 16.4. The molecule has 7 aliphatic rings. The van der Waals surface area contributed by atoms with E-state index < -0.39 is 253 Å². The Balaban J connectivity index is 0.932. The van der Waals surface area contributed by atoms with Crippen molar-refractivity contribution < 1.29 is 127 Å². The number of likely N-dealkylation sites (N-methyl/N-ethyl adjacent to an activating group) is 1. The molecule has 0 aromatic heterocycles. The number of nitro benzene ring substituents is 1. The van der Waals surface area contributed by atoms with Crippen LogP contribution in [0.25, 0.3) is 11.1 Å². The average Bonchev–Trinajstić information content (AvgIpc) is 0.762. The van der Waals surface area contributed by atoms with E-state index in [2.05, 4.69) is 53.2 Å². The van der Waals surface area contributed by atoms with Gasteiger partial charge in [-0.1, -0.05) is 104 Å². The van der Waals surface area contributed by atoms with E-state index in [0.717, 1.165) is 66.2 Å². The lowest BCUT2D eigenvalue weighted by Gasteiger charge is -2.48. The SMILES string of the molecule is CN[C@@H](CC(C)C)C(=O)N[C@H]1C(=O)N[C@@H](CC(N)=O)C(=O)NC2C(=O)N[C@@H]3C(=O)N[C@@H](C(=O)N[C@@H](C(=O)NCCCN)c4cc(O)cc(O)c4-c4cc3ccc4O)[C@H](O)c3ccc(c(Cl)c3)Oc3cc2cc(c3OC2OC(CO)[C@@H](O)[C@@H](O)[C@H]2O[C@H]2C[C@@](C)(NCc3cccc(NC(=O)c4ccc(C)c(OCc5ccccc5)c4[N+](=O)[O-])c3)[C@@H](O)[C@@H](C)O2)Oc2ccc(cc2Cl)[C@H]1O. The lowest BCUT2D eigenvalue weighted by Crippen LogP contribution is -2.65. The van der Waals surface area contributed by atoms with E-state index in [1.54, 1.807) is 68.4 Å². The van der Waals surface area contributed by atoms with Crippen molar-refractivity contribution in [2.45, 2.75) is 183 Å². The van der Waals surface area contributed by atoms with Crippen LogP contribution in [0.5, 0.6) is 51.7 Å². The first kappa shape index (κ1) is 97.6. The number of anilines is 1. The second kappa shape index (κ2) is 41.9. The molecule has 8 aromatic carbocycles. The number of rotatable bonds is 25. The predicted octanol–water partition coefficient (Wildman–Crippen LogP) is 4.37. The number of carbonyl (C=O) groups is 9. The Morgan fingerprint density at radius 1 is 0.699 bits per heavy atom. The summed E-state index contributed by atoms with van der Waals surface area (Å²) in [7, 11) is 1.47. The minimum absolute atomic E-state index is 0.0295. The van der Waals surface area contributed by atoms with Gasteiger partial charge in [0.15, 0.2) is 23.9 Å². The number of ether oxygens (including phenoxy) is 7. The van der Waals surface area contributed by atoms with Gasteiger partial charge in [-0.2, -0.15) is 0 Å². The van der Waals surface area contributed by atoms with Crippen LogP contribution in [0.1, 0.15) is 139 Å². The molecule has 706 valence electrons. The second-order valence-electron chi connectivity index (χ2n) is 33.4. The van der Waals surface area contributed by atoms with E-state index in [9.17, 15) is 75.3 Å². The van der Waals surface area contributed by atoms with Gasteiger partial charge in [-0.15, -0.1) is 0 Å². The van der Waals surface area contributed by atoms with Crippen LogP contribution in [0.3, 0.4) is 0 Å². The largest absolute Gasteiger partial charge is 0.508 e. The maximum Gasteiger partial charge on any atom is 0.323 e. The van der Waals surface area contributed by atoms with Crippen molar-refractivity contribution >= 4 is 87.7 Å². The fourth-order valence-electron chi connectivity index (χ4n) is 16.3. The van der Waals surface area contributed by atoms with Crippen molar-refractivity contribution in [3.05, 3.63) is 216 Å². The summed E-state index contributed by atoms with van der Waals surface area (Å²) in [6.07, 6.45) is -19.4. The zero-order valence-corrected chi connectivity index (χ0v) is 73.9. The number of hydrogen-bond donors (Lipinski definition) is 21. The quantitative estimate of drug-likeness (QED) is 0.0215. The molecule has 11 bridgehead atoms. The third-order valence-corrected chi connectivity index (χ3v) is 23.9. The molecule has 15 rings (SSSR count). The Labute approximate surface area is 769 Å². The number of nitrogens with one attached hydrogen (secondary N) is 10. The van der Waals surface area contributed by atoms with Crippen molar-refractivity contribution in [3.63, 3.8) is 0 Å². The molecule has 0 radical (unpaired) electrons. The fraction of sp³-hybridized carbons (Fsp3) is 0.374. The molecular weight excluding hydrogens is 1780 g/mol. The van der Waals surface area contributed by atoms with Gasteiger partial charge in [0.05, 0.1) is 46.2 Å². The Morgan fingerprint density at radius 3 is 2.00 bits per heavy atom. The standard InChI is InChI=1S/C91H101Cl2N13O27/c1-40(2)26-56(96-6)83(118)104-71-74(112)46-18-22-60(54(92)29-46)129-62-31-48-32-63(79(62)133-90-80(77(115)76(114)64(38-107)131-90)132-66-36-91(5,81(116)42(4)128-66)98-37-44-14-10-15-49(27-44)99-82(117)51-20-16-41(3)78(73(51)106(125)126)127-39-43-12-8-7-9-13-43)130-61-23-19-47(30-55(61)93)75(113)72-89(124)103-70(85(120)97-25-11-24-94)53-33-50(108)34-59(110)67(53)52-28-45(17-21-58(52)109)68(86(121)105-72)102-87(122)69(48)101-84(119)57(35-65(95)111)100-88(71)123/h7-10,12-23,27-34,40,42,56-57,64,66,68-72,74-77,80-81,90,96,98,107-110,112-116H,11,24-26,35-39,94H2,1-6H3,(H2,95,111)(H,97,120)(H,99,117)(H,100,123)(H,101,119)(H,102,122)(H,103,124)(H,104,118)(H,105,121)/t42-,56+,57+,64?,66+,68+,69?,70-,71-,72-,74-,75-,76-,77-,80-,81+,90?,91-/m1/s1. The molecule has 0 spiro atoms. The van der Waals surface area contributed by atoms with E-state index in [0.29, 0.717) is 11.1 Å². The molecule has 9 amide bonds. The van der Waals surface area contributed by atoms with Crippen molar-refractivity contribution in [3.8, 4) is 62.9 Å². The van der Waals surface area contributed by atoms with Crippen LogP contribution in [-0.2, 0) is 65.7 Å². The zero-order valence-electron chi connectivity index (χ0n) is 72.3. The molecule has 133 heavy (non-hydrogen) atoms. The lowest BCUT2D eigenvalue weighted by atomic mass is 9.84. The van der Waals surface area contributed by atoms with Crippen LogP contribution in [0.4, 0.5) is 11.4 Å². The number of benzene rings is 8. The Morgan fingerprint density at radius 2 is 1.35 bits per heavy atom. The molecule has 2 saturated heterocycles. The molecule has 8 aromatic rings. The van der Waals surface area contributed by atoms with Gasteiger partial charge in [-0.05, 0) is 170 Å². The maximum absolute atomic E-state index is 16.4. The Bertz CT molecular complexity index is 5770.